The Hall–Kier alpha value is -5.16. The van der Waals surface area contributed by atoms with Crippen molar-refractivity contribution in [3.8, 4) is 17.6 Å². The minimum absolute atomic E-state index is 0.0590. The van der Waals surface area contributed by atoms with Crippen molar-refractivity contribution in [2.24, 2.45) is 0 Å². The van der Waals surface area contributed by atoms with E-state index in [1.54, 1.807) is 22.8 Å². The smallest absolute Gasteiger partial charge is 0.336 e. The van der Waals surface area contributed by atoms with Crippen molar-refractivity contribution >= 4 is 16.7 Å². The number of aromatic nitrogens is 3. The number of carbonyl (C=O) groups is 1. The molecule has 8 heteroatoms. The maximum Gasteiger partial charge on any atom is 0.336 e. The monoisotopic (exact) mass is 513 g/mol. The zero-order valence-electron chi connectivity index (χ0n) is 20.8. The van der Waals surface area contributed by atoms with Gasteiger partial charge in [0.1, 0.15) is 17.5 Å². The first-order valence-corrected chi connectivity index (χ1v) is 12.8. The molecule has 190 valence electrons. The number of hydrogen-bond donors (Lipinski definition) is 1. The summed E-state index contributed by atoms with van der Waals surface area (Å²) in [4.78, 5) is 33.9. The topological polar surface area (TPSA) is 104 Å². The Bertz CT molecular complexity index is 1810. The zero-order valence-corrected chi connectivity index (χ0v) is 20.8. The molecule has 2 bridgehead atoms. The first-order chi connectivity index (χ1) is 19.1. The molecule has 0 aliphatic carbocycles. The number of pyridine rings is 1. The number of imidazole rings is 1. The summed E-state index contributed by atoms with van der Waals surface area (Å²) in [5.74, 6) is -0.753. The Morgan fingerprint density at radius 2 is 1.56 bits per heavy atom. The third-order valence-electron chi connectivity index (χ3n) is 7.97. The van der Waals surface area contributed by atoms with E-state index in [4.69, 9.17) is 0 Å². The number of benzene rings is 3. The van der Waals surface area contributed by atoms with E-state index in [0.29, 0.717) is 35.1 Å². The molecule has 2 aliphatic rings. The predicted octanol–water partition coefficient (Wildman–Crippen LogP) is 4.42. The van der Waals surface area contributed by atoms with E-state index in [1.165, 1.54) is 10.8 Å². The molecule has 2 aromatic heterocycles. The number of likely N-dealkylation sites (tertiary alicyclic amines) is 1. The van der Waals surface area contributed by atoms with Crippen LogP contribution in [0.25, 0.3) is 16.5 Å². The minimum Gasteiger partial charge on any atom is -0.493 e. The van der Waals surface area contributed by atoms with Gasteiger partial charge in [0, 0.05) is 17.3 Å². The van der Waals surface area contributed by atoms with Gasteiger partial charge >= 0.3 is 5.69 Å². The van der Waals surface area contributed by atoms with Gasteiger partial charge in [-0.05, 0) is 17.5 Å². The van der Waals surface area contributed by atoms with Crippen LogP contribution in [0.2, 0.25) is 0 Å². The second kappa shape index (κ2) is 8.71. The maximum absolute atomic E-state index is 14.2. The third-order valence-corrected chi connectivity index (χ3v) is 7.97. The SMILES string of the molecule is N#Cc1ncc(-n2c(O)c3n(c2=O)[C@H]2C[C@@H]3N(C(=O)C(c3ccccc3)c3ccccc3)C2)c2ccccc12. The van der Waals surface area contributed by atoms with Crippen LogP contribution >= 0.6 is 0 Å². The maximum atomic E-state index is 14.2. The lowest BCUT2D eigenvalue weighted by Crippen LogP contribution is -2.40. The molecule has 2 atom stereocenters. The summed E-state index contributed by atoms with van der Waals surface area (Å²) < 4.78 is 2.88. The zero-order chi connectivity index (χ0) is 26.7. The summed E-state index contributed by atoms with van der Waals surface area (Å²) in [7, 11) is 0. The van der Waals surface area contributed by atoms with Gasteiger partial charge in [0.05, 0.1) is 29.9 Å². The van der Waals surface area contributed by atoms with Crippen LogP contribution in [-0.2, 0) is 4.79 Å². The average molecular weight is 514 g/mol. The molecule has 0 unspecified atom stereocenters. The Balaban J connectivity index is 1.33. The Morgan fingerprint density at radius 3 is 2.21 bits per heavy atom. The molecule has 5 aromatic rings. The molecule has 7 rings (SSSR count). The third kappa shape index (κ3) is 3.33. The fraction of sp³-hybridized carbons (Fsp3) is 0.161. The van der Waals surface area contributed by atoms with Crippen molar-refractivity contribution in [2.75, 3.05) is 6.54 Å². The van der Waals surface area contributed by atoms with Gasteiger partial charge in [0.25, 0.3) is 0 Å². The largest absolute Gasteiger partial charge is 0.493 e. The fourth-order valence-electron chi connectivity index (χ4n) is 6.29. The molecule has 0 saturated carbocycles. The van der Waals surface area contributed by atoms with Crippen molar-refractivity contribution in [1.29, 1.82) is 5.26 Å². The second-order valence-electron chi connectivity index (χ2n) is 10.00. The highest BCUT2D eigenvalue weighted by Gasteiger charge is 2.50. The number of amides is 1. The standard InChI is InChI=1S/C31H23N5O3/c32-16-24-22-13-7-8-14-23(22)26(17-33-24)36-30(38)28-25-15-21(35(28)31(36)39)18-34(25)29(37)27(19-9-3-1-4-10-19)20-11-5-2-6-12-20/h1-14,17,21,25,27,38H,15,18H2/t21-,25-/m0/s1. The lowest BCUT2D eigenvalue weighted by Gasteiger charge is -2.31. The highest BCUT2D eigenvalue weighted by atomic mass is 16.3. The van der Waals surface area contributed by atoms with E-state index < -0.39 is 12.0 Å². The molecule has 1 fully saturated rings. The van der Waals surface area contributed by atoms with Crippen LogP contribution in [0.15, 0.2) is 95.9 Å². The summed E-state index contributed by atoms with van der Waals surface area (Å²) in [5.41, 5.74) is 2.51. The molecule has 4 heterocycles. The number of carbonyl (C=O) groups excluding carboxylic acids is 1. The normalized spacial score (nSPS) is 17.5. The van der Waals surface area contributed by atoms with Crippen LogP contribution in [-0.4, -0.2) is 36.6 Å². The van der Waals surface area contributed by atoms with Crippen LogP contribution in [0.3, 0.4) is 0 Å². The summed E-state index contributed by atoms with van der Waals surface area (Å²) in [6.07, 6.45) is 2.02. The molecular weight excluding hydrogens is 490 g/mol. The van der Waals surface area contributed by atoms with E-state index >= 15 is 0 Å². The molecule has 1 amide bonds. The van der Waals surface area contributed by atoms with E-state index in [2.05, 4.69) is 11.1 Å². The van der Waals surface area contributed by atoms with E-state index in [0.717, 1.165) is 11.1 Å². The van der Waals surface area contributed by atoms with Gasteiger partial charge in [-0.25, -0.2) is 14.3 Å². The molecule has 2 aliphatic heterocycles. The van der Waals surface area contributed by atoms with E-state index in [9.17, 15) is 20.0 Å². The number of fused-ring (bicyclic) bond motifs is 6. The highest BCUT2D eigenvalue weighted by Crippen LogP contribution is 2.50. The van der Waals surface area contributed by atoms with Crippen molar-refractivity contribution in [1.82, 2.24) is 19.0 Å². The summed E-state index contributed by atoms with van der Waals surface area (Å²) >= 11 is 0. The molecule has 1 N–H and O–H groups in total. The predicted molar refractivity (Wildman–Crippen MR) is 145 cm³/mol. The molecule has 0 spiro atoms. The molecule has 39 heavy (non-hydrogen) atoms. The van der Waals surface area contributed by atoms with Gasteiger partial charge in [-0.1, -0.05) is 84.9 Å². The molecule has 1 saturated heterocycles. The van der Waals surface area contributed by atoms with Crippen LogP contribution in [0, 0.1) is 11.3 Å². The first kappa shape index (κ1) is 23.0. The van der Waals surface area contributed by atoms with Gasteiger partial charge in [-0.2, -0.15) is 5.26 Å². The highest BCUT2D eigenvalue weighted by molar-refractivity contribution is 5.93. The van der Waals surface area contributed by atoms with Crippen molar-refractivity contribution in [3.63, 3.8) is 0 Å². The van der Waals surface area contributed by atoms with Crippen molar-refractivity contribution < 1.29 is 9.90 Å². The van der Waals surface area contributed by atoms with E-state index in [1.807, 2.05) is 71.6 Å². The van der Waals surface area contributed by atoms with Crippen LogP contribution in [0.4, 0.5) is 0 Å². The average Bonchev–Trinajstić information content (AvgIpc) is 3.65. The number of aromatic hydroxyl groups is 1. The summed E-state index contributed by atoms with van der Waals surface area (Å²) in [6.45, 7) is 0.391. The van der Waals surface area contributed by atoms with Gasteiger partial charge < -0.3 is 10.0 Å². The van der Waals surface area contributed by atoms with Crippen LogP contribution < -0.4 is 5.69 Å². The molecule has 0 radical (unpaired) electrons. The first-order valence-electron chi connectivity index (χ1n) is 12.8. The Kier molecular flexibility index (Phi) is 5.13. The Labute approximate surface area is 223 Å². The van der Waals surface area contributed by atoms with Gasteiger partial charge in [-0.15, -0.1) is 0 Å². The van der Waals surface area contributed by atoms with Gasteiger partial charge in [0.15, 0.2) is 0 Å². The molecule has 3 aromatic carbocycles. The second-order valence-corrected chi connectivity index (χ2v) is 10.00. The molecular formula is C31H23N5O3. The molecule has 8 nitrogen and oxygen atoms in total. The van der Waals surface area contributed by atoms with Gasteiger partial charge in [0.2, 0.25) is 11.8 Å². The van der Waals surface area contributed by atoms with Crippen LogP contribution in [0.1, 0.15) is 46.9 Å². The quantitative estimate of drug-likeness (QED) is 0.383. The summed E-state index contributed by atoms with van der Waals surface area (Å²) in [6, 6.07) is 28.0. The van der Waals surface area contributed by atoms with E-state index in [-0.39, 0.29) is 29.2 Å². The number of nitrogens with zero attached hydrogens (tertiary/aromatic N) is 5. The lowest BCUT2D eigenvalue weighted by molar-refractivity contribution is -0.133. The minimum atomic E-state index is -0.497. The summed E-state index contributed by atoms with van der Waals surface area (Å²) in [5, 5.41) is 22.2. The Morgan fingerprint density at radius 1 is 0.949 bits per heavy atom. The number of hydrogen-bond acceptors (Lipinski definition) is 5. The van der Waals surface area contributed by atoms with Crippen molar-refractivity contribution in [3.05, 3.63) is 124 Å². The van der Waals surface area contributed by atoms with Crippen LogP contribution in [0.5, 0.6) is 5.88 Å². The van der Waals surface area contributed by atoms with Gasteiger partial charge in [-0.3, -0.25) is 9.36 Å². The fourth-order valence-corrected chi connectivity index (χ4v) is 6.29. The van der Waals surface area contributed by atoms with Crippen molar-refractivity contribution in [2.45, 2.75) is 24.4 Å². The number of rotatable bonds is 4. The number of nitriles is 1. The lowest BCUT2D eigenvalue weighted by atomic mass is 9.89.